The maximum Gasteiger partial charge on any atom is 0.311 e. The number of benzene rings is 1. The normalized spacial score (nSPS) is 12.4. The summed E-state index contributed by atoms with van der Waals surface area (Å²) in [6.45, 7) is 3.18. The van der Waals surface area contributed by atoms with Crippen LogP contribution in [0.1, 0.15) is 19.5 Å². The van der Waals surface area contributed by atoms with Gasteiger partial charge >= 0.3 is 5.97 Å². The molecule has 1 aromatic heterocycles. The lowest BCUT2D eigenvalue weighted by atomic mass is 10.3. The fraction of sp³-hybridized carbons (Fsp3) is 0.312. The van der Waals surface area contributed by atoms with Gasteiger partial charge in [-0.15, -0.1) is 11.3 Å². The minimum atomic E-state index is -3.97. The number of nitrogens with zero attached hydrogens (tertiary/aromatic N) is 1. The number of rotatable bonds is 7. The maximum absolute atomic E-state index is 12.9. The lowest BCUT2D eigenvalue weighted by Crippen LogP contribution is -2.32. The summed E-state index contributed by atoms with van der Waals surface area (Å²) in [7, 11) is -3.97. The number of amides is 1. The van der Waals surface area contributed by atoms with E-state index in [1.54, 1.807) is 12.3 Å². The Labute approximate surface area is 154 Å². The molecule has 2 rings (SSSR count). The number of carbonyl (C=O) groups excluding carboxylic acids is 2. The van der Waals surface area contributed by atoms with Crippen LogP contribution >= 0.6 is 11.3 Å². The molecule has 0 radical (unpaired) electrons. The van der Waals surface area contributed by atoms with E-state index in [-0.39, 0.29) is 23.1 Å². The molecule has 0 bridgehead atoms. The Morgan fingerprint density at radius 2 is 1.96 bits per heavy atom. The van der Waals surface area contributed by atoms with E-state index in [0.29, 0.717) is 5.69 Å². The molecule has 0 fully saturated rings. The van der Waals surface area contributed by atoms with Crippen LogP contribution in [-0.2, 0) is 30.6 Å². The second-order valence-corrected chi connectivity index (χ2v) is 8.38. The van der Waals surface area contributed by atoms with Gasteiger partial charge in [0.05, 0.1) is 23.6 Å². The average Bonchev–Trinajstić information content (AvgIpc) is 3.01. The summed E-state index contributed by atoms with van der Waals surface area (Å²) in [6.07, 6.45) is -0.0381. The number of thiazole rings is 1. The highest BCUT2D eigenvalue weighted by Crippen LogP contribution is 2.20. The van der Waals surface area contributed by atoms with E-state index in [1.165, 1.54) is 6.92 Å². The minimum absolute atomic E-state index is 0.0381. The number of aromatic nitrogens is 1. The molecule has 0 saturated carbocycles. The van der Waals surface area contributed by atoms with Gasteiger partial charge < -0.3 is 10.1 Å². The molecule has 1 N–H and O–H groups in total. The zero-order valence-corrected chi connectivity index (χ0v) is 15.7. The molecule has 0 aliphatic heterocycles. The zero-order chi connectivity index (χ0) is 19.3. The fourth-order valence-corrected chi connectivity index (χ4v) is 3.96. The zero-order valence-electron chi connectivity index (χ0n) is 14.1. The monoisotopic (exact) mass is 400 g/mol. The number of hydrogen-bond acceptors (Lipinski definition) is 7. The number of halogens is 1. The number of nitrogens with one attached hydrogen (secondary N) is 1. The number of anilines is 1. The second-order valence-electron chi connectivity index (χ2n) is 5.26. The number of carbonyl (C=O) groups is 2. The molecule has 0 spiro atoms. The molecule has 1 atom stereocenters. The Morgan fingerprint density at radius 1 is 1.31 bits per heavy atom. The predicted molar refractivity (Wildman–Crippen MR) is 94.1 cm³/mol. The Kier molecular flexibility index (Phi) is 6.43. The molecule has 0 aliphatic rings. The van der Waals surface area contributed by atoms with Crippen LogP contribution in [0.5, 0.6) is 0 Å². The first-order chi connectivity index (χ1) is 12.2. The Bertz CT molecular complexity index is 894. The van der Waals surface area contributed by atoms with Gasteiger partial charge in [0.15, 0.2) is 15.0 Å². The Morgan fingerprint density at radius 3 is 2.58 bits per heavy atom. The highest BCUT2D eigenvalue weighted by atomic mass is 32.2. The highest BCUT2D eigenvalue weighted by Gasteiger charge is 2.30. The largest absolute Gasteiger partial charge is 0.466 e. The fourth-order valence-electron chi connectivity index (χ4n) is 1.98. The van der Waals surface area contributed by atoms with Crippen LogP contribution in [0, 0.1) is 5.82 Å². The van der Waals surface area contributed by atoms with Crippen LogP contribution in [-0.4, -0.2) is 37.1 Å². The van der Waals surface area contributed by atoms with Crippen molar-refractivity contribution in [2.24, 2.45) is 0 Å². The average molecular weight is 400 g/mol. The molecule has 1 aromatic carbocycles. The van der Waals surface area contributed by atoms with Crippen molar-refractivity contribution < 1.29 is 27.1 Å². The lowest BCUT2D eigenvalue weighted by Gasteiger charge is -2.12. The van der Waals surface area contributed by atoms with Gasteiger partial charge in [0.1, 0.15) is 11.1 Å². The topological polar surface area (TPSA) is 102 Å². The molecule has 1 heterocycles. The molecule has 1 unspecified atom stereocenters. The van der Waals surface area contributed by atoms with Crippen molar-refractivity contribution in [1.29, 1.82) is 0 Å². The maximum atomic E-state index is 12.9. The molecular weight excluding hydrogens is 383 g/mol. The van der Waals surface area contributed by atoms with Gasteiger partial charge in [-0.25, -0.2) is 17.8 Å². The van der Waals surface area contributed by atoms with Crippen molar-refractivity contribution in [1.82, 2.24) is 4.98 Å². The lowest BCUT2D eigenvalue weighted by molar-refractivity contribution is -0.142. The van der Waals surface area contributed by atoms with E-state index in [1.807, 2.05) is 0 Å². The van der Waals surface area contributed by atoms with Gasteiger partial charge in [-0.1, -0.05) is 0 Å². The molecule has 1 amide bonds. The van der Waals surface area contributed by atoms with E-state index in [2.05, 4.69) is 10.3 Å². The first-order valence-electron chi connectivity index (χ1n) is 7.64. The third-order valence-electron chi connectivity index (χ3n) is 3.39. The Balaban J connectivity index is 2.06. The van der Waals surface area contributed by atoms with Crippen molar-refractivity contribution in [2.45, 2.75) is 30.4 Å². The first kappa shape index (κ1) is 20.0. The summed E-state index contributed by atoms with van der Waals surface area (Å²) < 4.78 is 42.6. The summed E-state index contributed by atoms with van der Waals surface area (Å²) in [5.41, 5.74) is 0.415. The molecule has 2 aromatic rings. The van der Waals surface area contributed by atoms with Crippen molar-refractivity contribution in [3.05, 3.63) is 41.2 Å². The van der Waals surface area contributed by atoms with Gasteiger partial charge in [-0.3, -0.25) is 9.59 Å². The molecule has 10 heteroatoms. The van der Waals surface area contributed by atoms with Crippen molar-refractivity contribution in [3.8, 4) is 0 Å². The standard InChI is InChI=1S/C16H17FN2O5S2/c1-3-24-14(20)8-12-9-25-16(18-12)19-15(21)10(2)26(22,23)13-6-4-11(17)5-7-13/h4-7,9-10H,3,8H2,1-2H3,(H,18,19,21). The van der Waals surface area contributed by atoms with Gasteiger partial charge in [0, 0.05) is 5.38 Å². The van der Waals surface area contributed by atoms with E-state index in [9.17, 15) is 22.4 Å². The molecule has 0 aliphatic carbocycles. The summed E-state index contributed by atoms with van der Waals surface area (Å²) in [5.74, 6) is -1.78. The SMILES string of the molecule is CCOC(=O)Cc1csc(NC(=O)C(C)S(=O)(=O)c2ccc(F)cc2)n1. The number of hydrogen-bond donors (Lipinski definition) is 1. The summed E-state index contributed by atoms with van der Waals surface area (Å²) >= 11 is 1.07. The molecule has 0 saturated heterocycles. The van der Waals surface area contributed by atoms with E-state index in [4.69, 9.17) is 4.74 Å². The van der Waals surface area contributed by atoms with E-state index < -0.39 is 32.8 Å². The van der Waals surface area contributed by atoms with Crippen molar-refractivity contribution in [3.63, 3.8) is 0 Å². The van der Waals surface area contributed by atoms with Crippen molar-refractivity contribution >= 4 is 38.2 Å². The number of esters is 1. The van der Waals surface area contributed by atoms with Gasteiger partial charge in [-0.2, -0.15) is 0 Å². The summed E-state index contributed by atoms with van der Waals surface area (Å²) in [5, 5.41) is 2.77. The van der Waals surface area contributed by atoms with Crippen LogP contribution in [0.25, 0.3) is 0 Å². The third-order valence-corrected chi connectivity index (χ3v) is 6.27. The van der Waals surface area contributed by atoms with E-state index in [0.717, 1.165) is 35.6 Å². The third kappa shape index (κ3) is 4.85. The predicted octanol–water partition coefficient (Wildman–Crippen LogP) is 2.19. The number of sulfone groups is 1. The highest BCUT2D eigenvalue weighted by molar-refractivity contribution is 7.92. The van der Waals surface area contributed by atoms with Crippen molar-refractivity contribution in [2.75, 3.05) is 11.9 Å². The second kappa shape index (κ2) is 8.37. The molecule has 7 nitrogen and oxygen atoms in total. The molecule has 26 heavy (non-hydrogen) atoms. The molecular formula is C16H17FN2O5S2. The molecule has 140 valence electrons. The quantitative estimate of drug-likeness (QED) is 0.565. The minimum Gasteiger partial charge on any atom is -0.466 e. The Hall–Kier alpha value is -2.33. The van der Waals surface area contributed by atoms with Gasteiger partial charge in [0.2, 0.25) is 5.91 Å². The summed E-state index contributed by atoms with van der Waals surface area (Å²) in [6, 6.07) is 4.24. The van der Waals surface area contributed by atoms with Crippen LogP contribution in [0.15, 0.2) is 34.5 Å². The summed E-state index contributed by atoms with van der Waals surface area (Å²) in [4.78, 5) is 27.6. The van der Waals surface area contributed by atoms with Gasteiger partial charge in [-0.05, 0) is 38.1 Å². The van der Waals surface area contributed by atoms with Gasteiger partial charge in [0.25, 0.3) is 0 Å². The first-order valence-corrected chi connectivity index (χ1v) is 10.1. The smallest absolute Gasteiger partial charge is 0.311 e. The van der Waals surface area contributed by atoms with Crippen LogP contribution in [0.4, 0.5) is 9.52 Å². The number of ether oxygens (including phenoxy) is 1. The van der Waals surface area contributed by atoms with Crippen LogP contribution in [0.2, 0.25) is 0 Å². The van der Waals surface area contributed by atoms with Crippen LogP contribution < -0.4 is 5.32 Å². The van der Waals surface area contributed by atoms with Crippen LogP contribution in [0.3, 0.4) is 0 Å². The van der Waals surface area contributed by atoms with E-state index >= 15 is 0 Å².